The second kappa shape index (κ2) is 22.0. The number of carbonyl (C=O) groups excluding carboxylic acids is 6. The third-order valence-electron chi connectivity index (χ3n) is 11.1. The van der Waals surface area contributed by atoms with Gasteiger partial charge in [-0.1, -0.05) is 69.2 Å². The Morgan fingerprint density at radius 2 is 0.911 bits per heavy atom. The molecule has 56 heavy (non-hydrogen) atoms. The molecule has 2 rings (SSSR count). The summed E-state index contributed by atoms with van der Waals surface area (Å²) in [7, 11) is 4.61. The fourth-order valence-electron chi connectivity index (χ4n) is 7.99. The van der Waals surface area contributed by atoms with Crippen LogP contribution in [0.3, 0.4) is 0 Å². The third kappa shape index (κ3) is 14.0. The highest BCUT2D eigenvalue weighted by Gasteiger charge is 2.42. The van der Waals surface area contributed by atoms with Gasteiger partial charge in [0.1, 0.15) is 24.2 Å². The van der Waals surface area contributed by atoms with Crippen molar-refractivity contribution in [2.75, 3.05) is 27.7 Å². The van der Waals surface area contributed by atoms with Crippen molar-refractivity contribution < 1.29 is 39.0 Å². The lowest BCUT2D eigenvalue weighted by molar-refractivity contribution is -0.150. The van der Waals surface area contributed by atoms with Gasteiger partial charge in [0.2, 0.25) is 35.4 Å². The lowest BCUT2D eigenvalue weighted by Gasteiger charge is -2.38. The van der Waals surface area contributed by atoms with E-state index in [1.54, 1.807) is 7.05 Å². The number of nitrogens with zero attached hydrogens (tertiary/aromatic N) is 4. The predicted molar refractivity (Wildman–Crippen MR) is 217 cm³/mol. The average molecular weight is 793 g/mol. The number of rotatable bonds is 10. The Morgan fingerprint density at radius 1 is 0.536 bits per heavy atom. The summed E-state index contributed by atoms with van der Waals surface area (Å²) in [5.41, 5.74) is 0. The van der Waals surface area contributed by atoms with Crippen molar-refractivity contribution in [2.24, 2.45) is 29.6 Å². The number of aliphatic hydroxyl groups excluding tert-OH is 2. The van der Waals surface area contributed by atoms with Crippen molar-refractivity contribution in [2.45, 2.75) is 175 Å². The minimum Gasteiger partial charge on any atom is -0.390 e. The molecule has 0 aliphatic carbocycles. The Labute approximate surface area is 336 Å². The lowest BCUT2D eigenvalue weighted by Crippen LogP contribution is -2.59. The maximum Gasteiger partial charge on any atom is 0.246 e. The first-order chi connectivity index (χ1) is 26.0. The highest BCUT2D eigenvalue weighted by Crippen LogP contribution is 2.26. The highest BCUT2D eigenvalue weighted by molar-refractivity contribution is 5.94. The zero-order chi connectivity index (χ0) is 42.8. The number of nitrogens with one attached hydrogen (secondary N) is 2. The van der Waals surface area contributed by atoms with Gasteiger partial charge in [-0.3, -0.25) is 28.8 Å². The molecule has 0 aromatic carbocycles. The second-order valence-electron chi connectivity index (χ2n) is 18.6. The van der Waals surface area contributed by atoms with E-state index in [9.17, 15) is 39.0 Å². The van der Waals surface area contributed by atoms with Crippen LogP contribution in [0.1, 0.15) is 127 Å². The molecule has 0 bridgehead atoms. The number of fused-ring (bicyclic) bond motifs is 1. The van der Waals surface area contributed by atoms with E-state index < -0.39 is 78.0 Å². The first-order valence-electron chi connectivity index (χ1n) is 21.0. The van der Waals surface area contributed by atoms with Gasteiger partial charge in [-0.25, -0.2) is 0 Å². The maximum atomic E-state index is 14.4. The lowest BCUT2D eigenvalue weighted by atomic mass is 9.94. The van der Waals surface area contributed by atoms with Crippen LogP contribution < -0.4 is 10.6 Å². The molecule has 2 aliphatic rings. The molecular formula is C42H76N6O8. The minimum absolute atomic E-state index is 0.0000466. The van der Waals surface area contributed by atoms with E-state index in [1.807, 2.05) is 69.2 Å². The van der Waals surface area contributed by atoms with Gasteiger partial charge in [0, 0.05) is 27.7 Å². The molecule has 0 spiro atoms. The highest BCUT2D eigenvalue weighted by atomic mass is 16.3. The average Bonchev–Trinajstić information content (AvgIpc) is 3.59. The number of carbonyl (C=O) groups is 6. The van der Waals surface area contributed by atoms with Gasteiger partial charge in [-0.15, -0.1) is 0 Å². The van der Waals surface area contributed by atoms with Gasteiger partial charge in [0.15, 0.2) is 0 Å². The summed E-state index contributed by atoms with van der Waals surface area (Å²) >= 11 is 0. The first kappa shape index (κ1) is 48.9. The molecular weight excluding hydrogens is 716 g/mol. The first-order valence-corrected chi connectivity index (χ1v) is 21.0. The van der Waals surface area contributed by atoms with Crippen LogP contribution in [0, 0.1) is 29.6 Å². The molecule has 8 atom stereocenters. The molecule has 0 aromatic heterocycles. The van der Waals surface area contributed by atoms with Crippen LogP contribution in [0.15, 0.2) is 0 Å². The Bertz CT molecular complexity index is 1340. The molecule has 0 unspecified atom stereocenters. The molecule has 2 fully saturated rings. The summed E-state index contributed by atoms with van der Waals surface area (Å²) in [5.74, 6) is -2.58. The Balaban J connectivity index is 2.73. The molecule has 2 saturated heterocycles. The van der Waals surface area contributed by atoms with E-state index in [2.05, 4.69) is 10.6 Å². The fourth-order valence-corrected chi connectivity index (χ4v) is 7.99. The normalized spacial score (nSPS) is 29.1. The number of hydrogen-bond acceptors (Lipinski definition) is 8. The molecule has 2 aliphatic heterocycles. The zero-order valence-corrected chi connectivity index (χ0v) is 36.7. The van der Waals surface area contributed by atoms with Gasteiger partial charge >= 0.3 is 0 Å². The van der Waals surface area contributed by atoms with E-state index in [1.165, 1.54) is 33.7 Å². The Hall–Kier alpha value is -3.26. The topological polar surface area (TPSA) is 180 Å². The van der Waals surface area contributed by atoms with E-state index in [-0.39, 0.29) is 48.3 Å². The standard InChI is InChI=1S/C42H76N6O8/c1-24(2)17-29-35(49)22-37(51)45(11)33(20-27(7)8)41(55)47(13)32(19-26(5)6)40(54)44-30(18-25(3)4)36(50)23-38(52)46(12)34(21-28(9)10)42(56)48-16-14-15-31(48)39(53)43-29/h24-36,49-50H,14-23H2,1-13H3,(H,43,53)(H,44,54)/t29-,30+,31-,32+,33+,34+,35-,36+/m1/s1. The SMILES string of the molecule is CC(C)C[C@@H]1NC(=O)[C@H](CC(C)C)N(C)C(=O)[C@H](CC(C)C)N(C)C(=O)C[C@@H](O)[C@@H](CC(C)C)NC(=O)[C@H]2CCCN2C(=O)[C@H](CC(C)C)N(C)C(=O)C[C@@H]1O. The Kier molecular flexibility index (Phi) is 19.2. The van der Waals surface area contributed by atoms with Crippen LogP contribution >= 0.6 is 0 Å². The molecule has 14 heteroatoms. The third-order valence-corrected chi connectivity index (χ3v) is 11.1. The van der Waals surface area contributed by atoms with Crippen LogP contribution in [-0.2, 0) is 28.8 Å². The summed E-state index contributed by atoms with van der Waals surface area (Å²) in [5, 5.41) is 29.1. The molecule has 0 aromatic rings. The van der Waals surface area contributed by atoms with E-state index in [0.29, 0.717) is 51.5 Å². The van der Waals surface area contributed by atoms with Crippen LogP contribution in [0.4, 0.5) is 0 Å². The quantitative estimate of drug-likeness (QED) is 0.261. The van der Waals surface area contributed by atoms with Crippen molar-refractivity contribution >= 4 is 35.4 Å². The molecule has 2 heterocycles. The largest absolute Gasteiger partial charge is 0.390 e. The van der Waals surface area contributed by atoms with Crippen LogP contribution in [0.25, 0.3) is 0 Å². The maximum absolute atomic E-state index is 14.4. The molecule has 322 valence electrons. The molecule has 14 nitrogen and oxygen atoms in total. The van der Waals surface area contributed by atoms with Crippen molar-refractivity contribution in [3.63, 3.8) is 0 Å². The van der Waals surface area contributed by atoms with Crippen molar-refractivity contribution in [1.82, 2.24) is 30.2 Å². The smallest absolute Gasteiger partial charge is 0.246 e. The van der Waals surface area contributed by atoms with Crippen molar-refractivity contribution in [1.29, 1.82) is 0 Å². The van der Waals surface area contributed by atoms with Gasteiger partial charge in [0.05, 0.1) is 37.1 Å². The summed E-state index contributed by atoms with van der Waals surface area (Å²) in [6.45, 7) is 19.8. The molecule has 0 saturated carbocycles. The summed E-state index contributed by atoms with van der Waals surface area (Å²) in [6.07, 6.45) is -0.682. The molecule has 6 amide bonds. The summed E-state index contributed by atoms with van der Waals surface area (Å²) in [4.78, 5) is 90.4. The summed E-state index contributed by atoms with van der Waals surface area (Å²) in [6, 6.07) is -5.28. The Morgan fingerprint density at radius 3 is 1.32 bits per heavy atom. The van der Waals surface area contributed by atoms with Gasteiger partial charge in [-0.05, 0) is 74.5 Å². The number of hydrogen-bond donors (Lipinski definition) is 4. The fraction of sp³-hybridized carbons (Fsp3) is 0.857. The van der Waals surface area contributed by atoms with Gasteiger partial charge in [-0.2, -0.15) is 0 Å². The number of likely N-dealkylation sites (N-methyl/N-ethyl adjacent to an activating group) is 3. The summed E-state index contributed by atoms with van der Waals surface area (Å²) < 4.78 is 0. The van der Waals surface area contributed by atoms with Crippen molar-refractivity contribution in [3.8, 4) is 0 Å². The second-order valence-corrected chi connectivity index (χ2v) is 18.6. The van der Waals surface area contributed by atoms with Crippen molar-refractivity contribution in [3.05, 3.63) is 0 Å². The molecule has 0 radical (unpaired) electrons. The van der Waals surface area contributed by atoms with Gasteiger partial charge in [0.25, 0.3) is 0 Å². The number of amides is 6. The number of aliphatic hydroxyl groups is 2. The van der Waals surface area contributed by atoms with Crippen LogP contribution in [0.2, 0.25) is 0 Å². The van der Waals surface area contributed by atoms with E-state index in [4.69, 9.17) is 0 Å². The monoisotopic (exact) mass is 793 g/mol. The van der Waals surface area contributed by atoms with Crippen LogP contribution in [0.5, 0.6) is 0 Å². The molecule has 4 N–H and O–H groups in total. The van der Waals surface area contributed by atoms with E-state index in [0.717, 1.165) is 0 Å². The van der Waals surface area contributed by atoms with Crippen LogP contribution in [-0.4, -0.2) is 141 Å². The predicted octanol–water partition coefficient (Wildman–Crippen LogP) is 3.17. The zero-order valence-electron chi connectivity index (χ0n) is 36.7. The minimum atomic E-state index is -1.29. The van der Waals surface area contributed by atoms with E-state index >= 15 is 0 Å². The van der Waals surface area contributed by atoms with Gasteiger partial charge < -0.3 is 40.4 Å².